The van der Waals surface area contributed by atoms with Crippen molar-refractivity contribution < 1.29 is 28.6 Å². The third-order valence-electron chi connectivity index (χ3n) is 3.71. The zero-order valence-electron chi connectivity index (χ0n) is 14.3. The average molecular weight is 362 g/mol. The van der Waals surface area contributed by atoms with Gasteiger partial charge in [0.2, 0.25) is 0 Å². The Kier molecular flexibility index (Phi) is 9.36. The highest BCUT2D eigenvalue weighted by molar-refractivity contribution is 8.00. The molecular weight excluding hydrogens is 336 g/mol. The topological polar surface area (TPSA) is 103 Å². The maximum atomic E-state index is 11.6. The molecule has 8 nitrogen and oxygen atoms in total. The number of alkyl carbamates (subject to hydrolysis) is 2. The van der Waals surface area contributed by atoms with Gasteiger partial charge in [0.15, 0.2) is 0 Å². The summed E-state index contributed by atoms with van der Waals surface area (Å²) in [6.45, 7) is 2.17. The van der Waals surface area contributed by atoms with E-state index in [0.717, 1.165) is 19.3 Å². The first-order valence-corrected chi connectivity index (χ1v) is 9.02. The van der Waals surface area contributed by atoms with Crippen molar-refractivity contribution in [2.45, 2.75) is 49.9 Å². The normalized spacial score (nSPS) is 22.5. The maximum Gasteiger partial charge on any atom is 0.407 e. The van der Waals surface area contributed by atoms with Crippen LogP contribution in [-0.2, 0) is 19.0 Å². The Hall–Kier alpha value is -1.64. The second-order valence-electron chi connectivity index (χ2n) is 5.33. The lowest BCUT2D eigenvalue weighted by Gasteiger charge is -2.24. The van der Waals surface area contributed by atoms with Crippen molar-refractivity contribution in [3.63, 3.8) is 0 Å². The van der Waals surface area contributed by atoms with E-state index < -0.39 is 12.2 Å². The number of esters is 1. The highest BCUT2D eigenvalue weighted by atomic mass is 32.2. The van der Waals surface area contributed by atoms with E-state index in [1.807, 2.05) is 0 Å². The largest absolute Gasteiger partial charge is 0.466 e. The van der Waals surface area contributed by atoms with Crippen molar-refractivity contribution in [1.29, 1.82) is 0 Å². The zero-order chi connectivity index (χ0) is 17.9. The van der Waals surface area contributed by atoms with Crippen LogP contribution in [0.2, 0.25) is 0 Å². The number of thioether (sulfide) groups is 1. The zero-order valence-corrected chi connectivity index (χ0v) is 15.1. The van der Waals surface area contributed by atoms with Crippen LogP contribution in [0, 0.1) is 0 Å². The molecule has 3 atom stereocenters. The van der Waals surface area contributed by atoms with Gasteiger partial charge in [0.1, 0.15) is 0 Å². The molecule has 1 aliphatic rings. The summed E-state index contributed by atoms with van der Waals surface area (Å²) < 4.78 is 14.2. The van der Waals surface area contributed by atoms with Crippen LogP contribution in [0.15, 0.2) is 0 Å². The third kappa shape index (κ3) is 6.86. The van der Waals surface area contributed by atoms with Gasteiger partial charge in [-0.05, 0) is 19.8 Å². The first-order valence-electron chi connectivity index (χ1n) is 7.98. The lowest BCUT2D eigenvalue weighted by molar-refractivity contribution is -0.143. The van der Waals surface area contributed by atoms with E-state index >= 15 is 0 Å². The fourth-order valence-electron chi connectivity index (χ4n) is 2.53. The quantitative estimate of drug-likeness (QED) is 0.385. The summed E-state index contributed by atoms with van der Waals surface area (Å²) in [6.07, 6.45) is 1.72. The molecule has 1 rings (SSSR count). The molecule has 0 bridgehead atoms. The van der Waals surface area contributed by atoms with Crippen molar-refractivity contribution in [3.8, 4) is 0 Å². The number of amides is 2. The molecule has 9 heteroatoms. The molecule has 138 valence electrons. The van der Waals surface area contributed by atoms with E-state index in [0.29, 0.717) is 18.8 Å². The molecule has 3 unspecified atom stereocenters. The standard InChI is InChI=1S/C15H26N2O6S/c1-4-23-12(18)8-6-5-7-11-13(17-15(20)22-3)10(9-24-11)16-14(19)21-2/h10-11,13H,4-9H2,1-3H3,(H,16,19)(H,17,20). The lowest BCUT2D eigenvalue weighted by Crippen LogP contribution is -2.53. The molecule has 1 fully saturated rings. The highest BCUT2D eigenvalue weighted by Crippen LogP contribution is 2.31. The summed E-state index contributed by atoms with van der Waals surface area (Å²) >= 11 is 1.68. The van der Waals surface area contributed by atoms with Gasteiger partial charge in [-0.1, -0.05) is 6.42 Å². The smallest absolute Gasteiger partial charge is 0.407 e. The van der Waals surface area contributed by atoms with Crippen LogP contribution in [0.3, 0.4) is 0 Å². The molecule has 1 saturated heterocycles. The average Bonchev–Trinajstić information content (AvgIpc) is 2.93. The Labute approximate surface area is 146 Å². The van der Waals surface area contributed by atoms with Crippen LogP contribution < -0.4 is 10.6 Å². The second kappa shape index (κ2) is 11.0. The molecule has 2 amide bonds. The van der Waals surface area contributed by atoms with E-state index in [-0.39, 0.29) is 23.3 Å². The van der Waals surface area contributed by atoms with Crippen LogP contribution in [0.5, 0.6) is 0 Å². The predicted molar refractivity (Wildman–Crippen MR) is 90.0 cm³/mol. The first-order chi connectivity index (χ1) is 11.5. The van der Waals surface area contributed by atoms with Gasteiger partial charge in [0.25, 0.3) is 0 Å². The van der Waals surface area contributed by atoms with Gasteiger partial charge in [-0.25, -0.2) is 9.59 Å². The molecule has 0 spiro atoms. The molecule has 1 heterocycles. The van der Waals surface area contributed by atoms with E-state index in [2.05, 4.69) is 20.1 Å². The molecule has 0 radical (unpaired) electrons. The fourth-order valence-corrected chi connectivity index (χ4v) is 4.08. The number of ether oxygens (including phenoxy) is 3. The van der Waals surface area contributed by atoms with E-state index in [9.17, 15) is 14.4 Å². The molecule has 0 aromatic rings. The highest BCUT2D eigenvalue weighted by Gasteiger charge is 2.38. The summed E-state index contributed by atoms with van der Waals surface area (Å²) in [5.41, 5.74) is 0. The minimum absolute atomic E-state index is 0.133. The SMILES string of the molecule is CCOC(=O)CCCCC1SCC(NC(=O)OC)C1NC(=O)OC. The van der Waals surface area contributed by atoms with Crippen molar-refractivity contribution in [3.05, 3.63) is 0 Å². The van der Waals surface area contributed by atoms with Gasteiger partial charge in [-0.15, -0.1) is 0 Å². The molecule has 2 N–H and O–H groups in total. The lowest BCUT2D eigenvalue weighted by atomic mass is 10.0. The van der Waals surface area contributed by atoms with E-state index in [4.69, 9.17) is 4.74 Å². The van der Waals surface area contributed by atoms with Crippen LogP contribution in [0.4, 0.5) is 9.59 Å². The van der Waals surface area contributed by atoms with Gasteiger partial charge in [0, 0.05) is 17.4 Å². The van der Waals surface area contributed by atoms with Gasteiger partial charge >= 0.3 is 18.2 Å². The van der Waals surface area contributed by atoms with Gasteiger partial charge in [-0.2, -0.15) is 11.8 Å². The van der Waals surface area contributed by atoms with E-state index in [1.165, 1.54) is 14.2 Å². The Balaban J connectivity index is 2.49. The van der Waals surface area contributed by atoms with Gasteiger partial charge in [-0.3, -0.25) is 4.79 Å². The summed E-state index contributed by atoms with van der Waals surface area (Å²) in [7, 11) is 2.60. The maximum absolute atomic E-state index is 11.6. The number of rotatable bonds is 8. The monoisotopic (exact) mass is 362 g/mol. The van der Waals surface area contributed by atoms with Crippen LogP contribution in [-0.4, -0.2) is 62.1 Å². The minimum Gasteiger partial charge on any atom is -0.466 e. The van der Waals surface area contributed by atoms with Crippen LogP contribution in [0.1, 0.15) is 32.6 Å². The number of hydrogen-bond acceptors (Lipinski definition) is 7. The molecule has 0 aromatic carbocycles. The minimum atomic E-state index is -0.532. The molecular formula is C15H26N2O6S. The molecule has 1 aliphatic heterocycles. The predicted octanol–water partition coefficient (Wildman–Crippen LogP) is 1.67. The summed E-state index contributed by atoms with van der Waals surface area (Å²) in [6, 6.07) is -0.472. The number of unbranched alkanes of at least 4 members (excludes halogenated alkanes) is 1. The third-order valence-corrected chi connectivity index (χ3v) is 5.22. The number of carbonyl (C=O) groups excluding carboxylic acids is 3. The van der Waals surface area contributed by atoms with Crippen LogP contribution >= 0.6 is 11.8 Å². The summed E-state index contributed by atoms with van der Waals surface area (Å²) in [5, 5.41) is 5.65. The Morgan fingerprint density at radius 2 is 1.75 bits per heavy atom. The van der Waals surface area contributed by atoms with Crippen molar-refractivity contribution in [2.24, 2.45) is 0 Å². The second-order valence-corrected chi connectivity index (χ2v) is 6.60. The molecule has 24 heavy (non-hydrogen) atoms. The summed E-state index contributed by atoms with van der Waals surface area (Å²) in [4.78, 5) is 34.3. The van der Waals surface area contributed by atoms with Gasteiger partial charge < -0.3 is 24.8 Å². The van der Waals surface area contributed by atoms with Crippen LogP contribution in [0.25, 0.3) is 0 Å². The molecule has 0 aliphatic carbocycles. The fraction of sp³-hybridized carbons (Fsp3) is 0.800. The molecule has 0 saturated carbocycles. The number of methoxy groups -OCH3 is 2. The van der Waals surface area contributed by atoms with Crippen molar-refractivity contribution in [2.75, 3.05) is 26.6 Å². The number of hydrogen-bond donors (Lipinski definition) is 2. The summed E-state index contributed by atoms with van der Waals surface area (Å²) in [5.74, 6) is 0.484. The Bertz CT molecular complexity index is 434. The number of nitrogens with one attached hydrogen (secondary N) is 2. The first kappa shape index (κ1) is 20.4. The molecule has 0 aromatic heterocycles. The van der Waals surface area contributed by atoms with Crippen molar-refractivity contribution in [1.82, 2.24) is 10.6 Å². The Morgan fingerprint density at radius 3 is 2.38 bits per heavy atom. The van der Waals surface area contributed by atoms with Gasteiger partial charge in [0.05, 0.1) is 32.9 Å². The van der Waals surface area contributed by atoms with Crippen molar-refractivity contribution >= 4 is 29.9 Å². The van der Waals surface area contributed by atoms with E-state index in [1.54, 1.807) is 18.7 Å². The Morgan fingerprint density at radius 1 is 1.08 bits per heavy atom. The number of carbonyl (C=O) groups is 3.